The summed E-state index contributed by atoms with van der Waals surface area (Å²) in [6.07, 6.45) is 8.76. The molecule has 1 N–H and O–H groups in total. The molecule has 4 nitrogen and oxygen atoms in total. The van der Waals surface area contributed by atoms with E-state index in [9.17, 15) is 4.79 Å². The third-order valence-corrected chi connectivity index (χ3v) is 6.77. The minimum Gasteiger partial charge on any atom is -0.326 e. The van der Waals surface area contributed by atoms with Crippen LogP contribution >= 0.6 is 11.6 Å². The minimum atomic E-state index is -0.218. The molecule has 1 aliphatic heterocycles. The van der Waals surface area contributed by atoms with Gasteiger partial charge in [0.15, 0.2) is 0 Å². The third kappa shape index (κ3) is 2.43. The van der Waals surface area contributed by atoms with Crippen molar-refractivity contribution in [3.05, 3.63) is 0 Å². The lowest BCUT2D eigenvalue weighted by Gasteiger charge is -2.60. The van der Waals surface area contributed by atoms with E-state index >= 15 is 0 Å². The molecule has 5 heteroatoms. The van der Waals surface area contributed by atoms with Crippen molar-refractivity contribution in [1.82, 2.24) is 10.2 Å². The van der Waals surface area contributed by atoms with Crippen molar-refractivity contribution in [2.24, 2.45) is 11.8 Å². The van der Waals surface area contributed by atoms with Gasteiger partial charge in [-0.05, 0) is 63.2 Å². The van der Waals surface area contributed by atoms with Gasteiger partial charge in [-0.1, -0.05) is 0 Å². The van der Waals surface area contributed by atoms with Crippen LogP contribution < -0.4 is 5.32 Å². The summed E-state index contributed by atoms with van der Waals surface area (Å²) < 4.78 is 0. The molecule has 1 heterocycles. The Kier molecular flexibility index (Phi) is 3.43. The van der Waals surface area contributed by atoms with Gasteiger partial charge in [0.25, 0.3) is 0 Å². The van der Waals surface area contributed by atoms with E-state index in [1.165, 1.54) is 19.3 Å². The lowest BCUT2D eigenvalue weighted by molar-refractivity contribution is -0.131. The largest absolute Gasteiger partial charge is 0.326 e. The number of carbonyl (C=O) groups is 1. The molecule has 5 aliphatic rings. The van der Waals surface area contributed by atoms with E-state index in [0.717, 1.165) is 50.5 Å². The molecule has 5 fully saturated rings. The van der Waals surface area contributed by atoms with Gasteiger partial charge in [-0.25, -0.2) is 0 Å². The Labute approximate surface area is 137 Å². The molecule has 0 spiro atoms. The monoisotopic (exact) mass is 321 g/mol. The Morgan fingerprint density at radius 3 is 2.68 bits per heavy atom. The summed E-state index contributed by atoms with van der Waals surface area (Å²) in [7, 11) is 0. The second kappa shape index (κ2) is 5.11. The van der Waals surface area contributed by atoms with E-state index < -0.39 is 0 Å². The first-order valence-corrected chi connectivity index (χ1v) is 9.02. The van der Waals surface area contributed by atoms with Crippen LogP contribution in [0.15, 0.2) is 0 Å². The van der Waals surface area contributed by atoms with Gasteiger partial charge in [-0.3, -0.25) is 4.79 Å². The maximum Gasteiger partial charge on any atom is 0.237 e. The highest BCUT2D eigenvalue weighted by atomic mass is 35.5. The topological polar surface area (TPSA) is 56.1 Å². The molecule has 120 valence electrons. The summed E-state index contributed by atoms with van der Waals surface area (Å²) in [4.78, 5) is 14.2. The number of nitriles is 1. The van der Waals surface area contributed by atoms with Crippen molar-refractivity contribution in [3.63, 3.8) is 0 Å². The van der Waals surface area contributed by atoms with E-state index in [1.54, 1.807) is 4.90 Å². The van der Waals surface area contributed by atoms with Crippen LogP contribution in [0.3, 0.4) is 0 Å². The average Bonchev–Trinajstić information content (AvgIpc) is 2.90. The number of halogens is 1. The number of amides is 1. The Bertz CT molecular complexity index is 514. The molecule has 0 aromatic heterocycles. The molecule has 1 amide bonds. The molecule has 0 radical (unpaired) electrons. The molecule has 22 heavy (non-hydrogen) atoms. The fraction of sp³-hybridized carbons (Fsp3) is 0.882. The molecular weight excluding hydrogens is 298 g/mol. The SMILES string of the molecule is N#C[C@@H]1CCCN1C(=O)CNC12CC3CC(CC(Cl)(C3)C1)C2. The van der Waals surface area contributed by atoms with Gasteiger partial charge >= 0.3 is 0 Å². The van der Waals surface area contributed by atoms with Crippen LogP contribution in [0.4, 0.5) is 0 Å². The molecule has 4 saturated carbocycles. The molecule has 4 bridgehead atoms. The molecular formula is C17H24ClN3O. The van der Waals surface area contributed by atoms with Crippen molar-refractivity contribution in [1.29, 1.82) is 5.26 Å². The Hall–Kier alpha value is -0.790. The van der Waals surface area contributed by atoms with Crippen LogP contribution in [0.2, 0.25) is 0 Å². The highest BCUT2D eigenvalue weighted by Crippen LogP contribution is 2.59. The van der Waals surface area contributed by atoms with Crippen LogP contribution in [-0.4, -0.2) is 40.4 Å². The van der Waals surface area contributed by atoms with Gasteiger partial charge < -0.3 is 10.2 Å². The zero-order chi connectivity index (χ0) is 15.4. The number of rotatable bonds is 3. The van der Waals surface area contributed by atoms with Crippen LogP contribution in [0.1, 0.15) is 51.4 Å². The zero-order valence-electron chi connectivity index (χ0n) is 13.0. The van der Waals surface area contributed by atoms with Crippen LogP contribution in [0.25, 0.3) is 0 Å². The van der Waals surface area contributed by atoms with Gasteiger partial charge in [0, 0.05) is 17.0 Å². The van der Waals surface area contributed by atoms with Crippen molar-refractivity contribution in [2.75, 3.05) is 13.1 Å². The standard InChI is InChI=1S/C17H24ClN3O/c18-16-5-12-4-13(6-16)8-17(7-12,11-16)20-10-15(22)21-3-1-2-14(21)9-19/h12-14,20H,1-8,10-11H2/t12?,13?,14-,16?,17?/m0/s1. The zero-order valence-corrected chi connectivity index (χ0v) is 13.7. The molecule has 0 aromatic carbocycles. The number of alkyl halides is 1. The van der Waals surface area contributed by atoms with Gasteiger partial charge in [0.1, 0.15) is 6.04 Å². The molecule has 5 rings (SSSR count). The van der Waals surface area contributed by atoms with E-state index in [0.29, 0.717) is 6.54 Å². The number of likely N-dealkylation sites (tertiary alicyclic amines) is 1. The normalized spacial score (nSPS) is 46.0. The number of nitrogens with one attached hydrogen (secondary N) is 1. The first kappa shape index (κ1) is 14.8. The summed E-state index contributed by atoms with van der Waals surface area (Å²) in [5.41, 5.74) is 0.0728. The van der Waals surface area contributed by atoms with Crippen molar-refractivity contribution < 1.29 is 4.79 Å². The van der Waals surface area contributed by atoms with Gasteiger partial charge in [-0.2, -0.15) is 5.26 Å². The number of hydrogen-bond donors (Lipinski definition) is 1. The van der Waals surface area contributed by atoms with E-state index in [-0.39, 0.29) is 22.4 Å². The third-order valence-electron chi connectivity index (χ3n) is 6.33. The van der Waals surface area contributed by atoms with Gasteiger partial charge in [0.05, 0.1) is 12.6 Å². The summed E-state index contributed by atoms with van der Waals surface area (Å²) in [6, 6.07) is 2.03. The first-order valence-electron chi connectivity index (χ1n) is 8.64. The Morgan fingerprint density at radius 2 is 2.05 bits per heavy atom. The van der Waals surface area contributed by atoms with E-state index in [2.05, 4.69) is 11.4 Å². The van der Waals surface area contributed by atoms with Gasteiger partial charge in [0.2, 0.25) is 5.91 Å². The van der Waals surface area contributed by atoms with E-state index in [1.807, 2.05) is 0 Å². The first-order chi connectivity index (χ1) is 10.5. The lowest BCUT2D eigenvalue weighted by atomic mass is 9.52. The summed E-state index contributed by atoms with van der Waals surface area (Å²) in [5, 5.41) is 12.7. The van der Waals surface area contributed by atoms with Crippen LogP contribution in [0.5, 0.6) is 0 Å². The van der Waals surface area contributed by atoms with Crippen molar-refractivity contribution >= 4 is 17.5 Å². The second-order valence-corrected chi connectivity index (χ2v) is 8.92. The predicted octanol–water partition coefficient (Wildman–Crippen LogP) is 2.42. The van der Waals surface area contributed by atoms with Crippen molar-refractivity contribution in [2.45, 2.75) is 67.8 Å². The Morgan fingerprint density at radius 1 is 1.32 bits per heavy atom. The molecule has 0 aromatic rings. The molecule has 2 unspecified atom stereocenters. The number of carbonyl (C=O) groups excluding carboxylic acids is 1. The maximum atomic E-state index is 12.5. The predicted molar refractivity (Wildman–Crippen MR) is 84.3 cm³/mol. The average molecular weight is 322 g/mol. The number of hydrogen-bond acceptors (Lipinski definition) is 3. The summed E-state index contributed by atoms with van der Waals surface area (Å²) in [6.45, 7) is 1.10. The fourth-order valence-corrected chi connectivity index (χ4v) is 6.61. The van der Waals surface area contributed by atoms with E-state index in [4.69, 9.17) is 16.9 Å². The fourth-order valence-electron chi connectivity index (χ4n) is 5.92. The molecule has 1 saturated heterocycles. The van der Waals surface area contributed by atoms with Crippen LogP contribution in [-0.2, 0) is 4.79 Å². The quantitative estimate of drug-likeness (QED) is 0.812. The summed E-state index contributed by atoms with van der Waals surface area (Å²) in [5.74, 6) is 1.56. The van der Waals surface area contributed by atoms with Crippen molar-refractivity contribution in [3.8, 4) is 6.07 Å². The second-order valence-electron chi connectivity index (χ2n) is 8.12. The summed E-state index contributed by atoms with van der Waals surface area (Å²) >= 11 is 6.83. The highest BCUT2D eigenvalue weighted by Gasteiger charge is 2.57. The van der Waals surface area contributed by atoms with Gasteiger partial charge in [-0.15, -0.1) is 11.6 Å². The minimum absolute atomic E-state index is 0.0248. The molecule has 3 atom stereocenters. The molecule has 4 aliphatic carbocycles. The highest BCUT2D eigenvalue weighted by molar-refractivity contribution is 6.24. The smallest absolute Gasteiger partial charge is 0.237 e. The number of nitrogens with zero attached hydrogens (tertiary/aromatic N) is 2. The Balaban J connectivity index is 1.41. The lowest BCUT2D eigenvalue weighted by Crippen LogP contribution is -2.64. The maximum absolute atomic E-state index is 12.5. The van der Waals surface area contributed by atoms with Crippen LogP contribution in [0, 0.1) is 23.2 Å².